The summed E-state index contributed by atoms with van der Waals surface area (Å²) in [6, 6.07) is 14.9. The lowest BCUT2D eigenvalue weighted by Crippen LogP contribution is -2.23. The van der Waals surface area contributed by atoms with Gasteiger partial charge in [-0.15, -0.1) is 0 Å². The van der Waals surface area contributed by atoms with Crippen LogP contribution in [0.3, 0.4) is 0 Å². The lowest BCUT2D eigenvalue weighted by Gasteiger charge is -2.20. The summed E-state index contributed by atoms with van der Waals surface area (Å²) < 4.78 is 0. The number of nitrogens with zero attached hydrogens (tertiary/aromatic N) is 1. The molecule has 0 fully saturated rings. The smallest absolute Gasteiger partial charge is 0.0246 e. The number of hydrogen-bond donors (Lipinski definition) is 0. The Morgan fingerprint density at radius 3 is 2.20 bits per heavy atom. The number of benzene rings is 2. The summed E-state index contributed by atoms with van der Waals surface area (Å²) in [4.78, 5) is 2.28. The van der Waals surface area contributed by atoms with Crippen LogP contribution in [0.4, 0.5) is 0 Å². The van der Waals surface area contributed by atoms with Crippen molar-refractivity contribution in [3.05, 3.63) is 71.3 Å². The van der Waals surface area contributed by atoms with Crippen molar-refractivity contribution < 1.29 is 0 Å². The van der Waals surface area contributed by atoms with Gasteiger partial charge in [0.2, 0.25) is 0 Å². The molecule has 0 aliphatic heterocycles. The number of rotatable bonds is 6. The van der Waals surface area contributed by atoms with Gasteiger partial charge in [-0.1, -0.05) is 77.8 Å². The molecule has 0 amide bonds. The molecular weight excluding hydrogens is 289 g/mol. The molecular formula is C17H17Cl2N. The standard InChI is InChI=1S/C17H17Cl2N/c18-10-4-12-20(13-5-11-19)14-16-8-3-7-15-6-1-2-9-17(15)16/h1-11H,12-14H2/b10-4+,11-5+. The van der Waals surface area contributed by atoms with Crippen molar-refractivity contribution >= 4 is 34.0 Å². The molecule has 3 heteroatoms. The van der Waals surface area contributed by atoms with Gasteiger partial charge in [-0.25, -0.2) is 0 Å². The summed E-state index contributed by atoms with van der Waals surface area (Å²) >= 11 is 11.3. The second-order valence-corrected chi connectivity index (χ2v) is 5.06. The van der Waals surface area contributed by atoms with E-state index in [-0.39, 0.29) is 0 Å². The van der Waals surface area contributed by atoms with Gasteiger partial charge >= 0.3 is 0 Å². The number of fused-ring (bicyclic) bond motifs is 1. The van der Waals surface area contributed by atoms with Crippen LogP contribution in [-0.2, 0) is 6.54 Å². The Hall–Kier alpha value is -1.28. The Labute approximate surface area is 130 Å². The molecule has 0 bridgehead atoms. The van der Waals surface area contributed by atoms with Crippen molar-refractivity contribution in [1.82, 2.24) is 4.90 Å². The lowest BCUT2D eigenvalue weighted by atomic mass is 10.0. The number of hydrogen-bond acceptors (Lipinski definition) is 1. The zero-order valence-corrected chi connectivity index (χ0v) is 12.7. The maximum Gasteiger partial charge on any atom is 0.0246 e. The van der Waals surface area contributed by atoms with Gasteiger partial charge in [0.25, 0.3) is 0 Å². The Kier molecular flexibility index (Phi) is 6.13. The third-order valence-electron chi connectivity index (χ3n) is 3.18. The highest BCUT2D eigenvalue weighted by Gasteiger charge is 2.06. The molecule has 0 aromatic heterocycles. The zero-order valence-electron chi connectivity index (χ0n) is 11.2. The second kappa shape index (κ2) is 8.11. The minimum Gasteiger partial charge on any atom is -0.292 e. The van der Waals surface area contributed by atoms with Gasteiger partial charge < -0.3 is 0 Å². The molecule has 2 aromatic carbocycles. The summed E-state index contributed by atoms with van der Waals surface area (Å²) in [5.41, 5.74) is 4.43. The van der Waals surface area contributed by atoms with Crippen LogP contribution in [0.2, 0.25) is 0 Å². The van der Waals surface area contributed by atoms with Gasteiger partial charge in [0.15, 0.2) is 0 Å². The van der Waals surface area contributed by atoms with Crippen molar-refractivity contribution in [2.24, 2.45) is 0 Å². The minimum atomic E-state index is 0.800. The summed E-state index contributed by atoms with van der Waals surface area (Å²) in [7, 11) is 0. The number of halogens is 2. The Morgan fingerprint density at radius 1 is 0.850 bits per heavy atom. The van der Waals surface area contributed by atoms with E-state index < -0.39 is 0 Å². The van der Waals surface area contributed by atoms with Crippen LogP contribution >= 0.6 is 23.2 Å². The van der Waals surface area contributed by atoms with Gasteiger partial charge in [0, 0.05) is 30.7 Å². The van der Waals surface area contributed by atoms with E-state index in [1.54, 1.807) is 11.1 Å². The van der Waals surface area contributed by atoms with Crippen LogP contribution in [0.5, 0.6) is 0 Å². The van der Waals surface area contributed by atoms with Crippen LogP contribution < -0.4 is 0 Å². The molecule has 2 aromatic rings. The van der Waals surface area contributed by atoms with E-state index in [0.717, 1.165) is 19.6 Å². The third kappa shape index (κ3) is 4.11. The first-order valence-electron chi connectivity index (χ1n) is 6.54. The SMILES string of the molecule is Cl/C=C/CN(C/C=C/Cl)Cc1cccc2ccccc12. The average Bonchev–Trinajstić information content (AvgIpc) is 2.50. The minimum absolute atomic E-state index is 0.800. The van der Waals surface area contributed by atoms with E-state index >= 15 is 0 Å². The molecule has 104 valence electrons. The molecule has 0 unspecified atom stereocenters. The third-order valence-corrected chi connectivity index (χ3v) is 3.54. The summed E-state index contributed by atoms with van der Waals surface area (Å²) in [6.07, 6.45) is 3.88. The fourth-order valence-electron chi connectivity index (χ4n) is 2.25. The predicted octanol–water partition coefficient (Wildman–Crippen LogP) is 5.15. The molecule has 0 saturated heterocycles. The first-order chi connectivity index (χ1) is 9.85. The molecule has 2 rings (SSSR count). The van der Waals surface area contributed by atoms with Crippen molar-refractivity contribution in [3.8, 4) is 0 Å². The summed E-state index contributed by atoms with van der Waals surface area (Å²) in [5.74, 6) is 0. The fraction of sp³-hybridized carbons (Fsp3) is 0.176. The van der Waals surface area contributed by atoms with E-state index in [9.17, 15) is 0 Å². The topological polar surface area (TPSA) is 3.24 Å². The Bertz CT molecular complexity index is 585. The highest BCUT2D eigenvalue weighted by molar-refractivity contribution is 6.25. The van der Waals surface area contributed by atoms with Gasteiger partial charge in [-0.05, 0) is 16.3 Å². The molecule has 0 aliphatic carbocycles. The molecule has 20 heavy (non-hydrogen) atoms. The van der Waals surface area contributed by atoms with Crippen molar-refractivity contribution in [2.45, 2.75) is 6.54 Å². The van der Waals surface area contributed by atoms with Crippen LogP contribution in [0.25, 0.3) is 10.8 Å². The van der Waals surface area contributed by atoms with Crippen LogP contribution in [0.1, 0.15) is 5.56 Å². The molecule has 0 radical (unpaired) electrons. The maximum absolute atomic E-state index is 5.63. The average molecular weight is 306 g/mol. The van der Waals surface area contributed by atoms with E-state index in [2.05, 4.69) is 47.4 Å². The molecule has 0 spiro atoms. The summed E-state index contributed by atoms with van der Waals surface area (Å²) in [5, 5.41) is 2.57. The van der Waals surface area contributed by atoms with Crippen molar-refractivity contribution in [1.29, 1.82) is 0 Å². The monoisotopic (exact) mass is 305 g/mol. The highest BCUT2D eigenvalue weighted by Crippen LogP contribution is 2.20. The predicted molar refractivity (Wildman–Crippen MR) is 89.2 cm³/mol. The van der Waals surface area contributed by atoms with Gasteiger partial charge in [-0.3, -0.25) is 4.90 Å². The van der Waals surface area contributed by atoms with Crippen LogP contribution in [0.15, 0.2) is 65.7 Å². The van der Waals surface area contributed by atoms with Gasteiger partial charge in [0.1, 0.15) is 0 Å². The van der Waals surface area contributed by atoms with E-state index in [0.29, 0.717) is 0 Å². The quantitative estimate of drug-likeness (QED) is 0.713. The Morgan fingerprint density at radius 2 is 1.50 bits per heavy atom. The van der Waals surface area contributed by atoms with E-state index in [4.69, 9.17) is 23.2 Å². The summed E-state index contributed by atoms with van der Waals surface area (Å²) in [6.45, 7) is 2.46. The fourth-order valence-corrected chi connectivity index (χ4v) is 2.41. The molecule has 0 aliphatic rings. The van der Waals surface area contributed by atoms with E-state index in [1.807, 2.05) is 12.2 Å². The van der Waals surface area contributed by atoms with Crippen molar-refractivity contribution in [2.75, 3.05) is 13.1 Å². The Balaban J connectivity index is 2.23. The molecule has 0 N–H and O–H groups in total. The van der Waals surface area contributed by atoms with Gasteiger partial charge in [-0.2, -0.15) is 0 Å². The highest BCUT2D eigenvalue weighted by atomic mass is 35.5. The molecule has 0 atom stereocenters. The molecule has 0 saturated carbocycles. The normalized spacial score (nSPS) is 12.2. The van der Waals surface area contributed by atoms with E-state index in [1.165, 1.54) is 16.3 Å². The van der Waals surface area contributed by atoms with Gasteiger partial charge in [0.05, 0.1) is 0 Å². The largest absolute Gasteiger partial charge is 0.292 e. The van der Waals surface area contributed by atoms with Crippen molar-refractivity contribution in [3.63, 3.8) is 0 Å². The molecule has 1 nitrogen and oxygen atoms in total. The second-order valence-electron chi connectivity index (χ2n) is 4.56. The maximum atomic E-state index is 5.63. The zero-order chi connectivity index (χ0) is 14.2. The van der Waals surface area contributed by atoms with Crippen LogP contribution in [-0.4, -0.2) is 18.0 Å². The first-order valence-corrected chi connectivity index (χ1v) is 7.42. The molecule has 0 heterocycles. The van der Waals surface area contributed by atoms with Crippen LogP contribution in [0, 0.1) is 0 Å². The lowest BCUT2D eigenvalue weighted by molar-refractivity contribution is 0.329. The first kappa shape index (κ1) is 15.1.